The maximum absolute atomic E-state index is 12.6. The number of amides is 1. The monoisotopic (exact) mass is 474 g/mol. The average molecular weight is 475 g/mol. The predicted octanol–water partition coefficient (Wildman–Crippen LogP) is 5.24. The second-order valence-corrected chi connectivity index (χ2v) is 9.20. The number of aryl methyl sites for hydroxylation is 2. The Hall–Kier alpha value is -3.45. The minimum absolute atomic E-state index is 0.112. The molecule has 7 nitrogen and oxygen atoms in total. The first-order chi connectivity index (χ1) is 16.5. The Morgan fingerprint density at radius 2 is 1.62 bits per heavy atom. The van der Waals surface area contributed by atoms with Gasteiger partial charge in [-0.25, -0.2) is 14.6 Å². The van der Waals surface area contributed by atoms with Gasteiger partial charge in [0.25, 0.3) is 5.91 Å². The smallest absolute Gasteiger partial charge is 0.253 e. The van der Waals surface area contributed by atoms with Crippen molar-refractivity contribution in [3.63, 3.8) is 0 Å². The lowest BCUT2D eigenvalue weighted by Gasteiger charge is -2.30. The van der Waals surface area contributed by atoms with Crippen LogP contribution < -0.4 is 10.6 Å². The van der Waals surface area contributed by atoms with E-state index in [0.717, 1.165) is 53.9 Å². The van der Waals surface area contributed by atoms with E-state index in [4.69, 9.17) is 26.7 Å². The molecular formula is C26H27ClN6O. The molecule has 0 radical (unpaired) electrons. The largest absolute Gasteiger partial charge is 0.367 e. The van der Waals surface area contributed by atoms with E-state index in [1.54, 1.807) is 12.1 Å². The van der Waals surface area contributed by atoms with Crippen molar-refractivity contribution >= 4 is 34.4 Å². The quantitative estimate of drug-likeness (QED) is 0.413. The van der Waals surface area contributed by atoms with Crippen molar-refractivity contribution in [1.82, 2.24) is 25.1 Å². The molecule has 0 spiro atoms. The molecular weight excluding hydrogens is 448 g/mol. The van der Waals surface area contributed by atoms with Crippen molar-refractivity contribution in [1.29, 1.82) is 0 Å². The van der Waals surface area contributed by atoms with Gasteiger partial charge in [-0.05, 0) is 63.8 Å². The fourth-order valence-corrected chi connectivity index (χ4v) is 4.85. The number of nitrogens with zero attached hydrogens (tertiary/aromatic N) is 4. The number of benzene rings is 2. The van der Waals surface area contributed by atoms with Gasteiger partial charge in [0.1, 0.15) is 11.6 Å². The molecule has 2 heterocycles. The number of rotatable bonds is 5. The van der Waals surface area contributed by atoms with E-state index in [1.165, 1.54) is 0 Å². The van der Waals surface area contributed by atoms with Crippen LogP contribution in [0.4, 0.5) is 5.82 Å². The van der Waals surface area contributed by atoms with Crippen LogP contribution in [0.1, 0.15) is 47.6 Å². The minimum atomic E-state index is -0.112. The number of halogens is 1. The van der Waals surface area contributed by atoms with E-state index in [0.29, 0.717) is 16.4 Å². The van der Waals surface area contributed by atoms with Gasteiger partial charge in [0, 0.05) is 12.1 Å². The molecule has 2 aromatic heterocycles. The van der Waals surface area contributed by atoms with Crippen LogP contribution in [0.5, 0.6) is 0 Å². The summed E-state index contributed by atoms with van der Waals surface area (Å²) in [6, 6.07) is 17.6. The Labute approximate surface area is 203 Å². The summed E-state index contributed by atoms with van der Waals surface area (Å²) in [5.74, 6) is 1.41. The molecule has 1 saturated carbocycles. The van der Waals surface area contributed by atoms with E-state index in [1.807, 2.05) is 61.0 Å². The molecule has 1 fully saturated rings. The van der Waals surface area contributed by atoms with Gasteiger partial charge in [0.2, 0.25) is 0 Å². The minimum Gasteiger partial charge on any atom is -0.367 e. The van der Waals surface area contributed by atoms with Crippen molar-refractivity contribution in [2.24, 2.45) is 0 Å². The fraction of sp³-hybridized carbons (Fsp3) is 0.308. The third kappa shape index (κ3) is 4.48. The molecule has 4 aromatic rings. The second kappa shape index (κ2) is 9.43. The van der Waals surface area contributed by atoms with E-state index in [9.17, 15) is 4.79 Å². The standard InChI is InChI=1S/C26H27ClN6O/c1-16-23-24(28-17(2)29-25(23)33(32-16)20-8-4-3-5-9-20)30-18-12-14-19(15-13-18)31-26(34)21-10-6-7-11-22(21)27/h3-11,18-19H,12-15H2,1-2H3,(H,31,34)(H,28,29,30). The molecule has 0 unspecified atom stereocenters. The van der Waals surface area contributed by atoms with Crippen LogP contribution in [0, 0.1) is 13.8 Å². The summed E-state index contributed by atoms with van der Waals surface area (Å²) in [6.07, 6.45) is 3.65. The maximum atomic E-state index is 12.6. The number of aromatic nitrogens is 4. The first kappa shape index (κ1) is 22.3. The fourth-order valence-electron chi connectivity index (χ4n) is 4.63. The summed E-state index contributed by atoms with van der Waals surface area (Å²) in [5.41, 5.74) is 3.19. The molecule has 8 heteroatoms. The maximum Gasteiger partial charge on any atom is 0.253 e. The Morgan fingerprint density at radius 1 is 0.941 bits per heavy atom. The van der Waals surface area contributed by atoms with Crippen molar-refractivity contribution in [2.45, 2.75) is 51.6 Å². The topological polar surface area (TPSA) is 84.7 Å². The van der Waals surface area contributed by atoms with Crippen LogP contribution in [0.2, 0.25) is 5.02 Å². The summed E-state index contributed by atoms with van der Waals surface area (Å²) in [4.78, 5) is 22.0. The summed E-state index contributed by atoms with van der Waals surface area (Å²) in [5, 5.41) is 13.0. The molecule has 174 valence electrons. The molecule has 0 aliphatic heterocycles. The highest BCUT2D eigenvalue weighted by atomic mass is 35.5. The highest BCUT2D eigenvalue weighted by Gasteiger charge is 2.25. The number of hydrogen-bond donors (Lipinski definition) is 2. The summed E-state index contributed by atoms with van der Waals surface area (Å²) in [6.45, 7) is 3.90. The van der Waals surface area contributed by atoms with Gasteiger partial charge in [0.15, 0.2) is 5.65 Å². The zero-order valence-corrected chi connectivity index (χ0v) is 20.0. The number of hydrogen-bond acceptors (Lipinski definition) is 5. The SMILES string of the molecule is Cc1nc(NC2CCC(NC(=O)c3ccccc3Cl)CC2)c2c(C)nn(-c3ccccc3)c2n1. The van der Waals surface area contributed by atoms with Gasteiger partial charge in [-0.3, -0.25) is 4.79 Å². The molecule has 34 heavy (non-hydrogen) atoms. The number of fused-ring (bicyclic) bond motifs is 1. The highest BCUT2D eigenvalue weighted by Crippen LogP contribution is 2.29. The summed E-state index contributed by atoms with van der Waals surface area (Å²) >= 11 is 6.17. The van der Waals surface area contributed by atoms with Crippen LogP contribution in [0.15, 0.2) is 54.6 Å². The van der Waals surface area contributed by atoms with Crippen LogP contribution in [0.25, 0.3) is 16.7 Å². The van der Waals surface area contributed by atoms with E-state index >= 15 is 0 Å². The first-order valence-electron chi connectivity index (χ1n) is 11.6. The molecule has 5 rings (SSSR count). The lowest BCUT2D eigenvalue weighted by Crippen LogP contribution is -2.40. The molecule has 0 saturated heterocycles. The number of carbonyl (C=O) groups excluding carboxylic acids is 1. The summed E-state index contributed by atoms with van der Waals surface area (Å²) in [7, 11) is 0. The number of nitrogens with one attached hydrogen (secondary N) is 2. The zero-order valence-electron chi connectivity index (χ0n) is 19.3. The van der Waals surface area contributed by atoms with Crippen molar-refractivity contribution in [3.8, 4) is 5.69 Å². The first-order valence-corrected chi connectivity index (χ1v) is 12.0. The third-order valence-electron chi connectivity index (χ3n) is 6.34. The molecule has 2 aromatic carbocycles. The van der Waals surface area contributed by atoms with E-state index in [2.05, 4.69) is 10.6 Å². The van der Waals surface area contributed by atoms with Crippen LogP contribution >= 0.6 is 11.6 Å². The van der Waals surface area contributed by atoms with Gasteiger partial charge in [0.05, 0.1) is 27.4 Å². The van der Waals surface area contributed by atoms with Crippen molar-refractivity contribution < 1.29 is 4.79 Å². The number of para-hydroxylation sites is 1. The second-order valence-electron chi connectivity index (χ2n) is 8.80. The van der Waals surface area contributed by atoms with Gasteiger partial charge in [-0.2, -0.15) is 5.10 Å². The molecule has 0 bridgehead atoms. The predicted molar refractivity (Wildman–Crippen MR) is 135 cm³/mol. The van der Waals surface area contributed by atoms with Crippen LogP contribution in [-0.2, 0) is 0 Å². The molecule has 1 amide bonds. The zero-order chi connectivity index (χ0) is 23.7. The Morgan fingerprint density at radius 3 is 2.35 bits per heavy atom. The molecule has 1 aliphatic carbocycles. The van der Waals surface area contributed by atoms with Crippen molar-refractivity contribution in [3.05, 3.63) is 76.7 Å². The lowest BCUT2D eigenvalue weighted by molar-refractivity contribution is 0.0926. The van der Waals surface area contributed by atoms with Gasteiger partial charge < -0.3 is 10.6 Å². The molecule has 2 N–H and O–H groups in total. The normalized spacial score (nSPS) is 18.1. The lowest BCUT2D eigenvalue weighted by atomic mass is 9.91. The van der Waals surface area contributed by atoms with Gasteiger partial charge in [-0.15, -0.1) is 0 Å². The Balaban J connectivity index is 1.30. The Bertz CT molecular complexity index is 1330. The van der Waals surface area contributed by atoms with Crippen molar-refractivity contribution in [2.75, 3.05) is 5.32 Å². The van der Waals surface area contributed by atoms with Gasteiger partial charge >= 0.3 is 0 Å². The molecule has 1 aliphatic rings. The van der Waals surface area contributed by atoms with Crippen LogP contribution in [0.3, 0.4) is 0 Å². The third-order valence-corrected chi connectivity index (χ3v) is 6.67. The average Bonchev–Trinajstić information content (AvgIpc) is 3.17. The van der Waals surface area contributed by atoms with Crippen LogP contribution in [-0.4, -0.2) is 37.7 Å². The summed E-state index contributed by atoms with van der Waals surface area (Å²) < 4.78 is 1.88. The Kier molecular flexibility index (Phi) is 6.20. The molecule has 0 atom stereocenters. The highest BCUT2D eigenvalue weighted by molar-refractivity contribution is 6.33. The van der Waals surface area contributed by atoms with E-state index in [-0.39, 0.29) is 18.0 Å². The number of carbonyl (C=O) groups is 1. The van der Waals surface area contributed by atoms with E-state index < -0.39 is 0 Å². The number of anilines is 1. The van der Waals surface area contributed by atoms with Gasteiger partial charge in [-0.1, -0.05) is 41.9 Å².